The molecule has 0 radical (unpaired) electrons. The summed E-state index contributed by atoms with van der Waals surface area (Å²) in [6.07, 6.45) is 0. The van der Waals surface area contributed by atoms with E-state index in [2.05, 4.69) is 32.0 Å². The Morgan fingerprint density at radius 1 is 0.829 bits per heavy atom. The van der Waals surface area contributed by atoms with E-state index in [1.165, 1.54) is 10.7 Å². The third-order valence-corrected chi connectivity index (χ3v) is 6.56. The van der Waals surface area contributed by atoms with Crippen LogP contribution in [0, 0.1) is 6.92 Å². The zero-order valence-electron chi connectivity index (χ0n) is 18.0. The van der Waals surface area contributed by atoms with Gasteiger partial charge in [0.15, 0.2) is 0 Å². The SMILES string of the molecule is Cc1c(Cl)cccc1NC(=O)C(=O)Nn1c(C(=O)Nc2ccc(Cl)cc2Cl)cc2cc(Br)ccc21. The minimum absolute atomic E-state index is 0.0733. The van der Waals surface area contributed by atoms with Crippen molar-refractivity contribution in [3.05, 3.63) is 91.5 Å². The fourth-order valence-electron chi connectivity index (χ4n) is 3.33. The van der Waals surface area contributed by atoms with Gasteiger partial charge in [-0.15, -0.1) is 0 Å². The van der Waals surface area contributed by atoms with Crippen LogP contribution in [0.1, 0.15) is 16.1 Å². The summed E-state index contributed by atoms with van der Waals surface area (Å²) >= 11 is 21.6. The quantitative estimate of drug-likeness (QED) is 0.232. The summed E-state index contributed by atoms with van der Waals surface area (Å²) in [5, 5.41) is 7.00. The highest BCUT2D eigenvalue weighted by Gasteiger charge is 2.22. The normalized spacial score (nSPS) is 10.8. The first-order chi connectivity index (χ1) is 16.6. The van der Waals surface area contributed by atoms with Crippen LogP contribution in [0.15, 0.2) is 65.1 Å². The van der Waals surface area contributed by atoms with Gasteiger partial charge in [0.1, 0.15) is 5.69 Å². The van der Waals surface area contributed by atoms with Crippen molar-refractivity contribution in [2.75, 3.05) is 16.1 Å². The molecule has 4 rings (SSSR count). The molecule has 1 heterocycles. The van der Waals surface area contributed by atoms with Gasteiger partial charge in [0.25, 0.3) is 5.91 Å². The van der Waals surface area contributed by atoms with Crippen LogP contribution in [0.2, 0.25) is 15.1 Å². The number of hydrogen-bond donors (Lipinski definition) is 3. The van der Waals surface area contributed by atoms with E-state index in [4.69, 9.17) is 34.8 Å². The van der Waals surface area contributed by atoms with Crippen LogP contribution in [0.3, 0.4) is 0 Å². The highest BCUT2D eigenvalue weighted by atomic mass is 79.9. The second-order valence-electron chi connectivity index (χ2n) is 7.45. The summed E-state index contributed by atoms with van der Waals surface area (Å²) in [7, 11) is 0. The van der Waals surface area contributed by atoms with Gasteiger partial charge in [0.2, 0.25) is 0 Å². The molecule has 4 aromatic rings. The van der Waals surface area contributed by atoms with Crippen molar-refractivity contribution in [1.82, 2.24) is 4.68 Å². The molecule has 1 aromatic heterocycles. The maximum Gasteiger partial charge on any atom is 0.328 e. The van der Waals surface area contributed by atoms with E-state index in [-0.39, 0.29) is 10.7 Å². The van der Waals surface area contributed by atoms with Crippen molar-refractivity contribution < 1.29 is 14.4 Å². The Morgan fingerprint density at radius 2 is 1.60 bits per heavy atom. The largest absolute Gasteiger partial charge is 0.328 e. The van der Waals surface area contributed by atoms with Gasteiger partial charge in [0, 0.05) is 25.6 Å². The molecule has 3 N–H and O–H groups in total. The van der Waals surface area contributed by atoms with E-state index >= 15 is 0 Å². The Balaban J connectivity index is 1.65. The molecule has 0 bridgehead atoms. The van der Waals surface area contributed by atoms with Crippen LogP contribution in [-0.4, -0.2) is 22.4 Å². The Bertz CT molecular complexity index is 1500. The molecule has 7 nitrogen and oxygen atoms in total. The lowest BCUT2D eigenvalue weighted by atomic mass is 10.2. The number of halogens is 4. The fourth-order valence-corrected chi connectivity index (χ4v) is 4.33. The first-order valence-electron chi connectivity index (χ1n) is 10.1. The number of carbonyl (C=O) groups excluding carboxylic acids is 3. The van der Waals surface area contributed by atoms with E-state index < -0.39 is 17.7 Å². The number of hydrogen-bond acceptors (Lipinski definition) is 3. The van der Waals surface area contributed by atoms with Crippen LogP contribution in [0.25, 0.3) is 10.9 Å². The van der Waals surface area contributed by atoms with Gasteiger partial charge in [-0.2, -0.15) is 0 Å². The van der Waals surface area contributed by atoms with Gasteiger partial charge in [-0.1, -0.05) is 56.8 Å². The number of nitrogens with one attached hydrogen (secondary N) is 3. The summed E-state index contributed by atoms with van der Waals surface area (Å²) in [6.45, 7) is 1.72. The average Bonchev–Trinajstić information content (AvgIpc) is 3.16. The van der Waals surface area contributed by atoms with Crippen LogP contribution >= 0.6 is 50.7 Å². The van der Waals surface area contributed by atoms with E-state index in [0.717, 1.165) is 4.47 Å². The molecule has 0 unspecified atom stereocenters. The second-order valence-corrected chi connectivity index (χ2v) is 9.62. The lowest BCUT2D eigenvalue weighted by molar-refractivity contribution is -0.133. The highest BCUT2D eigenvalue weighted by Crippen LogP contribution is 2.28. The van der Waals surface area contributed by atoms with E-state index in [9.17, 15) is 14.4 Å². The molecule has 0 fully saturated rings. The number of fused-ring (bicyclic) bond motifs is 1. The third-order valence-electron chi connectivity index (χ3n) is 5.11. The van der Waals surface area contributed by atoms with Crippen LogP contribution in [-0.2, 0) is 9.59 Å². The number of rotatable bonds is 4. The zero-order chi connectivity index (χ0) is 25.3. The first-order valence-corrected chi connectivity index (χ1v) is 12.0. The smallest absolute Gasteiger partial charge is 0.319 e. The lowest BCUT2D eigenvalue weighted by Gasteiger charge is -2.14. The Kier molecular flexibility index (Phi) is 7.37. The molecule has 0 atom stereocenters. The number of aromatic nitrogens is 1. The topological polar surface area (TPSA) is 92.2 Å². The molecule has 0 aliphatic carbocycles. The Labute approximate surface area is 223 Å². The number of carbonyl (C=O) groups is 3. The lowest BCUT2D eigenvalue weighted by Crippen LogP contribution is -2.36. The van der Waals surface area contributed by atoms with Crippen molar-refractivity contribution in [3.63, 3.8) is 0 Å². The fraction of sp³-hybridized carbons (Fsp3) is 0.0417. The summed E-state index contributed by atoms with van der Waals surface area (Å²) < 4.78 is 2.02. The molecule has 0 saturated heterocycles. The van der Waals surface area contributed by atoms with Crippen molar-refractivity contribution in [2.45, 2.75) is 6.92 Å². The predicted octanol–water partition coefficient (Wildman–Crippen LogP) is 6.63. The van der Waals surface area contributed by atoms with E-state index in [1.807, 2.05) is 0 Å². The van der Waals surface area contributed by atoms with Crippen molar-refractivity contribution in [1.29, 1.82) is 0 Å². The summed E-state index contributed by atoms with van der Waals surface area (Å²) in [5.41, 5.74) is 4.42. The van der Waals surface area contributed by atoms with E-state index in [1.54, 1.807) is 61.5 Å². The van der Waals surface area contributed by atoms with Crippen molar-refractivity contribution in [3.8, 4) is 0 Å². The number of nitrogens with zero attached hydrogens (tertiary/aromatic N) is 1. The molecule has 0 saturated carbocycles. The molecule has 0 aliphatic rings. The van der Waals surface area contributed by atoms with Crippen molar-refractivity contribution >= 4 is 90.7 Å². The minimum atomic E-state index is -0.983. The molecular formula is C24H16BrCl3N4O3. The van der Waals surface area contributed by atoms with Gasteiger partial charge in [-0.25, -0.2) is 4.68 Å². The summed E-state index contributed by atoms with van der Waals surface area (Å²) in [5.74, 6) is -2.47. The third kappa shape index (κ3) is 5.46. The average molecular weight is 595 g/mol. The number of amides is 3. The summed E-state index contributed by atoms with van der Waals surface area (Å²) in [6, 6.07) is 16.4. The first kappa shape index (κ1) is 25.1. The molecule has 11 heteroatoms. The molecule has 178 valence electrons. The summed E-state index contributed by atoms with van der Waals surface area (Å²) in [4.78, 5) is 38.6. The van der Waals surface area contributed by atoms with Gasteiger partial charge < -0.3 is 10.6 Å². The molecule has 35 heavy (non-hydrogen) atoms. The van der Waals surface area contributed by atoms with Crippen LogP contribution in [0.5, 0.6) is 0 Å². The number of anilines is 2. The highest BCUT2D eigenvalue weighted by molar-refractivity contribution is 9.10. The Hall–Kier alpha value is -3.04. The minimum Gasteiger partial charge on any atom is -0.319 e. The molecule has 3 amide bonds. The van der Waals surface area contributed by atoms with E-state index in [0.29, 0.717) is 37.9 Å². The molecule has 0 aliphatic heterocycles. The van der Waals surface area contributed by atoms with Gasteiger partial charge in [-0.3, -0.25) is 19.8 Å². The zero-order valence-corrected chi connectivity index (χ0v) is 21.8. The monoisotopic (exact) mass is 592 g/mol. The Morgan fingerprint density at radius 3 is 2.34 bits per heavy atom. The van der Waals surface area contributed by atoms with Crippen LogP contribution in [0.4, 0.5) is 11.4 Å². The predicted molar refractivity (Wildman–Crippen MR) is 143 cm³/mol. The van der Waals surface area contributed by atoms with Gasteiger partial charge >= 0.3 is 11.8 Å². The maximum atomic E-state index is 13.1. The van der Waals surface area contributed by atoms with Crippen molar-refractivity contribution in [2.24, 2.45) is 0 Å². The standard InChI is InChI=1S/C24H16BrCl3N4O3/c1-12-16(27)3-2-4-18(12)29-23(34)24(35)31-32-20-8-5-14(25)9-13(20)10-21(32)22(33)30-19-7-6-15(26)11-17(19)28/h2-11H,1H3,(H,29,34)(H,30,33)(H,31,35). The molecule has 3 aromatic carbocycles. The number of benzene rings is 3. The van der Waals surface area contributed by atoms with Crippen LogP contribution < -0.4 is 16.1 Å². The molecule has 0 spiro atoms. The molecular weight excluding hydrogens is 579 g/mol. The maximum absolute atomic E-state index is 13.1. The van der Waals surface area contributed by atoms with Gasteiger partial charge in [-0.05, 0) is 67.1 Å². The second kappa shape index (κ2) is 10.3. The van der Waals surface area contributed by atoms with Gasteiger partial charge in [0.05, 0.1) is 16.2 Å².